The molecule has 0 aliphatic heterocycles. The highest BCUT2D eigenvalue weighted by Gasteiger charge is 2.26. The van der Waals surface area contributed by atoms with Crippen LogP contribution in [0, 0.1) is 10.1 Å². The molecule has 0 atom stereocenters. The molecule has 0 radical (unpaired) electrons. The summed E-state index contributed by atoms with van der Waals surface area (Å²) in [7, 11) is 0. The van der Waals surface area contributed by atoms with Crippen molar-refractivity contribution in [3.63, 3.8) is 0 Å². The summed E-state index contributed by atoms with van der Waals surface area (Å²) in [5.74, 6) is 0.110. The molecule has 2 heterocycles. The minimum absolute atomic E-state index is 0. The SMILES string of the molecule is O=[N+]([O-])c1ccc(-c2csc3sc(C=Nc4ccccc4)c(O)[n+]23)cc1.[Br-]. The number of aromatic nitrogens is 1. The lowest BCUT2D eigenvalue weighted by atomic mass is 10.1. The van der Waals surface area contributed by atoms with Crippen molar-refractivity contribution >= 4 is 44.4 Å². The van der Waals surface area contributed by atoms with Gasteiger partial charge in [0.15, 0.2) is 4.88 Å². The number of aromatic hydroxyl groups is 1. The van der Waals surface area contributed by atoms with E-state index in [1.165, 1.54) is 34.8 Å². The summed E-state index contributed by atoms with van der Waals surface area (Å²) in [6.45, 7) is 0. The van der Waals surface area contributed by atoms with E-state index in [2.05, 4.69) is 4.99 Å². The smallest absolute Gasteiger partial charge is 0.392 e. The number of benzene rings is 2. The normalized spacial score (nSPS) is 11.0. The molecule has 4 aromatic rings. The molecule has 0 saturated heterocycles. The van der Waals surface area contributed by atoms with Gasteiger partial charge in [0.05, 0.1) is 22.2 Å². The van der Waals surface area contributed by atoms with Crippen molar-refractivity contribution in [2.75, 3.05) is 0 Å². The average molecular weight is 462 g/mol. The maximum absolute atomic E-state index is 10.8. The number of nitro benzene ring substituents is 1. The second kappa shape index (κ2) is 7.95. The number of thiazole rings is 2. The molecule has 0 aliphatic carbocycles. The topological polar surface area (TPSA) is 79.8 Å². The Bertz CT molecular complexity index is 1120. The summed E-state index contributed by atoms with van der Waals surface area (Å²) in [6, 6.07) is 15.8. The van der Waals surface area contributed by atoms with Crippen molar-refractivity contribution in [1.29, 1.82) is 0 Å². The molecule has 2 aromatic carbocycles. The second-order valence-corrected chi connectivity index (χ2v) is 7.56. The first-order valence-electron chi connectivity index (χ1n) is 7.62. The van der Waals surface area contributed by atoms with Gasteiger partial charge in [-0.3, -0.25) is 15.1 Å². The molecule has 0 unspecified atom stereocenters. The number of rotatable bonds is 4. The number of para-hydroxylation sites is 1. The molecule has 136 valence electrons. The van der Waals surface area contributed by atoms with Gasteiger partial charge in [0, 0.05) is 17.7 Å². The Labute approximate surface area is 172 Å². The first-order chi connectivity index (χ1) is 12.6. The summed E-state index contributed by atoms with van der Waals surface area (Å²) in [6.07, 6.45) is 1.65. The fourth-order valence-electron chi connectivity index (χ4n) is 2.51. The van der Waals surface area contributed by atoms with Crippen LogP contribution in [0.4, 0.5) is 11.4 Å². The van der Waals surface area contributed by atoms with E-state index < -0.39 is 4.92 Å². The van der Waals surface area contributed by atoms with Crippen molar-refractivity contribution in [3.8, 4) is 17.1 Å². The molecule has 2 aromatic heterocycles. The Morgan fingerprint density at radius 3 is 2.48 bits per heavy atom. The van der Waals surface area contributed by atoms with E-state index in [1.54, 1.807) is 22.7 Å². The van der Waals surface area contributed by atoms with Gasteiger partial charge < -0.3 is 22.1 Å². The fourth-order valence-corrected chi connectivity index (χ4v) is 4.62. The highest BCUT2D eigenvalue weighted by Crippen LogP contribution is 2.31. The number of aliphatic imine (C=N–C) groups is 1. The maximum Gasteiger partial charge on any atom is 0.392 e. The van der Waals surface area contributed by atoms with Crippen LogP contribution >= 0.6 is 22.7 Å². The first kappa shape index (κ1) is 19.2. The number of fused-ring (bicyclic) bond motifs is 1. The third-order valence-electron chi connectivity index (χ3n) is 3.79. The van der Waals surface area contributed by atoms with Crippen molar-refractivity contribution in [3.05, 3.63) is 75.0 Å². The number of nitro groups is 1. The van der Waals surface area contributed by atoms with E-state index >= 15 is 0 Å². The van der Waals surface area contributed by atoms with Crippen LogP contribution in [0.2, 0.25) is 0 Å². The Kier molecular flexibility index (Phi) is 5.64. The third-order valence-corrected chi connectivity index (χ3v) is 5.91. The van der Waals surface area contributed by atoms with Crippen LogP contribution < -0.4 is 21.4 Å². The van der Waals surface area contributed by atoms with Crippen molar-refractivity contribution in [1.82, 2.24) is 0 Å². The monoisotopic (exact) mass is 461 g/mol. The van der Waals surface area contributed by atoms with Gasteiger partial charge >= 0.3 is 10.0 Å². The quantitative estimate of drug-likeness (QED) is 0.217. The zero-order chi connectivity index (χ0) is 18.1. The predicted molar refractivity (Wildman–Crippen MR) is 103 cm³/mol. The van der Waals surface area contributed by atoms with Crippen molar-refractivity contribution < 1.29 is 31.4 Å². The number of non-ortho nitro benzene ring substituents is 1. The Morgan fingerprint density at radius 1 is 1.11 bits per heavy atom. The van der Waals surface area contributed by atoms with Crippen LogP contribution in [-0.4, -0.2) is 16.2 Å². The van der Waals surface area contributed by atoms with Gasteiger partial charge in [0.1, 0.15) is 0 Å². The molecule has 6 nitrogen and oxygen atoms in total. The van der Waals surface area contributed by atoms with Crippen molar-refractivity contribution in [2.24, 2.45) is 4.99 Å². The molecule has 27 heavy (non-hydrogen) atoms. The third kappa shape index (κ3) is 3.75. The van der Waals surface area contributed by atoms with Gasteiger partial charge in [-0.15, -0.1) is 4.40 Å². The second-order valence-electron chi connectivity index (χ2n) is 5.41. The maximum atomic E-state index is 10.8. The summed E-state index contributed by atoms with van der Waals surface area (Å²) >= 11 is 2.94. The lowest BCUT2D eigenvalue weighted by molar-refractivity contribution is -0.502. The summed E-state index contributed by atoms with van der Waals surface area (Å²) in [5, 5.41) is 23.4. The zero-order valence-corrected chi connectivity index (χ0v) is 16.9. The summed E-state index contributed by atoms with van der Waals surface area (Å²) in [5.41, 5.74) is 2.43. The van der Waals surface area contributed by atoms with Crippen LogP contribution in [-0.2, 0) is 0 Å². The number of hydrogen-bond acceptors (Lipinski definition) is 6. The van der Waals surface area contributed by atoms with Gasteiger partial charge in [-0.1, -0.05) is 29.5 Å². The van der Waals surface area contributed by atoms with Gasteiger partial charge in [-0.25, -0.2) is 0 Å². The summed E-state index contributed by atoms with van der Waals surface area (Å²) < 4.78 is 2.65. The lowest BCUT2D eigenvalue weighted by Crippen LogP contribution is -3.00. The molecular weight excluding hydrogens is 450 g/mol. The Balaban J connectivity index is 0.00000210. The molecule has 0 spiro atoms. The van der Waals surface area contributed by atoms with E-state index in [9.17, 15) is 15.2 Å². The van der Waals surface area contributed by atoms with E-state index in [1.807, 2.05) is 35.7 Å². The number of halogens is 1. The molecule has 0 fully saturated rings. The fraction of sp³-hybridized carbons (Fsp3) is 0. The lowest BCUT2D eigenvalue weighted by Gasteiger charge is -1.94. The largest absolute Gasteiger partial charge is 1.00 e. The molecule has 1 N–H and O–H groups in total. The van der Waals surface area contributed by atoms with Crippen LogP contribution in [0.5, 0.6) is 5.88 Å². The first-order valence-corrected chi connectivity index (χ1v) is 9.32. The highest BCUT2D eigenvalue weighted by molar-refractivity contribution is 7.35. The molecule has 0 amide bonds. The van der Waals surface area contributed by atoms with Crippen LogP contribution in [0.1, 0.15) is 4.88 Å². The van der Waals surface area contributed by atoms with Gasteiger partial charge in [-0.2, -0.15) is 0 Å². The van der Waals surface area contributed by atoms with Crippen LogP contribution in [0.25, 0.3) is 15.4 Å². The van der Waals surface area contributed by atoms with Crippen LogP contribution in [0.3, 0.4) is 0 Å². The molecule has 0 aliphatic rings. The average Bonchev–Trinajstić information content (AvgIpc) is 3.21. The van der Waals surface area contributed by atoms with Gasteiger partial charge in [0.2, 0.25) is 5.69 Å². The van der Waals surface area contributed by atoms with E-state index in [-0.39, 0.29) is 28.5 Å². The van der Waals surface area contributed by atoms with Crippen LogP contribution in [0.15, 0.2) is 65.0 Å². The number of nitrogens with zero attached hydrogens (tertiary/aromatic N) is 3. The molecule has 0 bridgehead atoms. The van der Waals surface area contributed by atoms with E-state index in [0.717, 1.165) is 21.1 Å². The molecular formula is C18H12BrN3O3S2. The summed E-state index contributed by atoms with van der Waals surface area (Å²) in [4.78, 5) is 15.4. The van der Waals surface area contributed by atoms with E-state index in [4.69, 9.17) is 0 Å². The standard InChI is InChI=1S/C18H11N3O3S2.BrH/c22-17-16(10-19-13-4-2-1-3-5-13)26-18-20(17)15(11-25-18)12-6-8-14(9-7-12)21(23)24;/h1-11H;1H. The predicted octanol–water partition coefficient (Wildman–Crippen LogP) is 1.58. The Morgan fingerprint density at radius 2 is 1.81 bits per heavy atom. The van der Waals surface area contributed by atoms with Crippen molar-refractivity contribution in [2.45, 2.75) is 0 Å². The molecule has 9 heteroatoms. The van der Waals surface area contributed by atoms with E-state index in [0.29, 0.717) is 4.88 Å². The minimum Gasteiger partial charge on any atom is -1.00 e. The number of hydrogen-bond donors (Lipinski definition) is 1. The highest BCUT2D eigenvalue weighted by atomic mass is 79.9. The molecule has 0 saturated carbocycles. The Hall–Kier alpha value is -2.62. The van der Waals surface area contributed by atoms with Gasteiger partial charge in [0.25, 0.3) is 5.69 Å². The zero-order valence-electron chi connectivity index (χ0n) is 13.7. The minimum atomic E-state index is -0.430. The van der Waals surface area contributed by atoms with Gasteiger partial charge in [-0.05, 0) is 35.6 Å². The molecule has 4 rings (SSSR count).